The van der Waals surface area contributed by atoms with Crippen LogP contribution < -0.4 is 0 Å². The number of hydrogen-bond acceptors (Lipinski definition) is 5. The van der Waals surface area contributed by atoms with Crippen molar-refractivity contribution in [2.75, 3.05) is 26.3 Å². The molecule has 0 bridgehead atoms. The maximum Gasteiger partial charge on any atom is 0.257 e. The second-order valence-electron chi connectivity index (χ2n) is 6.19. The van der Waals surface area contributed by atoms with Crippen molar-refractivity contribution >= 4 is 5.91 Å². The van der Waals surface area contributed by atoms with Gasteiger partial charge in [-0.25, -0.2) is 4.39 Å². The molecule has 1 amide bonds. The summed E-state index contributed by atoms with van der Waals surface area (Å²) in [4.78, 5) is 14.0. The third kappa shape index (κ3) is 3.46. The average Bonchev–Trinajstić information content (AvgIpc) is 2.87. The molecule has 7 heteroatoms. The molecule has 0 saturated carbocycles. The number of rotatable bonds is 2. The zero-order valence-electron chi connectivity index (χ0n) is 13.1. The zero-order chi connectivity index (χ0) is 16.6. The number of nitrogens with zero attached hydrogens (tertiary/aromatic N) is 1. The second kappa shape index (κ2) is 6.07. The maximum atomic E-state index is 13.9. The summed E-state index contributed by atoms with van der Waals surface area (Å²) in [5, 5.41) is 9.25. The van der Waals surface area contributed by atoms with Crippen molar-refractivity contribution in [1.29, 1.82) is 0 Å². The molecule has 126 valence electrons. The third-order valence-electron chi connectivity index (χ3n) is 4.01. The van der Waals surface area contributed by atoms with Gasteiger partial charge in [-0.05, 0) is 26.0 Å². The largest absolute Gasteiger partial charge is 0.508 e. The Bertz CT molecular complexity index is 606. The topological polar surface area (TPSA) is 68.2 Å². The Kier molecular flexibility index (Phi) is 4.27. The van der Waals surface area contributed by atoms with Gasteiger partial charge in [0.2, 0.25) is 0 Å². The molecule has 0 spiro atoms. The standard InChI is InChI=1S/C16H20FNO5/c1-16(2)22-9-14(23-16)13-8-18(5-6-21-13)15(20)11-4-3-10(19)7-12(11)17/h3-4,7,13-14,19H,5-6,8-9H2,1-2H3/t13-,14-/m0/s1. The van der Waals surface area contributed by atoms with Crippen molar-refractivity contribution in [2.45, 2.75) is 31.8 Å². The van der Waals surface area contributed by atoms with Crippen LogP contribution in [-0.4, -0.2) is 60.2 Å². The average molecular weight is 325 g/mol. The number of ether oxygens (including phenoxy) is 3. The van der Waals surface area contributed by atoms with Crippen molar-refractivity contribution in [2.24, 2.45) is 0 Å². The minimum atomic E-state index is -0.736. The molecular weight excluding hydrogens is 305 g/mol. The van der Waals surface area contributed by atoms with Gasteiger partial charge >= 0.3 is 0 Å². The fourth-order valence-corrected chi connectivity index (χ4v) is 2.83. The molecule has 1 N–H and O–H groups in total. The quantitative estimate of drug-likeness (QED) is 0.893. The minimum absolute atomic E-state index is 0.0626. The fourth-order valence-electron chi connectivity index (χ4n) is 2.83. The van der Waals surface area contributed by atoms with Gasteiger partial charge in [-0.1, -0.05) is 0 Å². The van der Waals surface area contributed by atoms with Gasteiger partial charge in [-0.3, -0.25) is 4.79 Å². The van der Waals surface area contributed by atoms with Crippen LogP contribution in [0.15, 0.2) is 18.2 Å². The van der Waals surface area contributed by atoms with Crippen molar-refractivity contribution < 1.29 is 28.5 Å². The van der Waals surface area contributed by atoms with Gasteiger partial charge in [0.05, 0.1) is 18.8 Å². The van der Waals surface area contributed by atoms with E-state index in [0.717, 1.165) is 6.07 Å². The first-order valence-electron chi connectivity index (χ1n) is 7.57. The van der Waals surface area contributed by atoms with E-state index in [9.17, 15) is 14.3 Å². The van der Waals surface area contributed by atoms with Crippen LogP contribution in [0, 0.1) is 5.82 Å². The van der Waals surface area contributed by atoms with E-state index in [1.165, 1.54) is 17.0 Å². The summed E-state index contributed by atoms with van der Waals surface area (Å²) in [6, 6.07) is 3.52. The van der Waals surface area contributed by atoms with Crippen LogP contribution in [-0.2, 0) is 14.2 Å². The zero-order valence-corrected chi connectivity index (χ0v) is 13.1. The van der Waals surface area contributed by atoms with E-state index in [4.69, 9.17) is 14.2 Å². The normalized spacial score (nSPS) is 27.2. The summed E-state index contributed by atoms with van der Waals surface area (Å²) in [6.45, 7) is 5.09. The summed E-state index contributed by atoms with van der Waals surface area (Å²) in [5.41, 5.74) is -0.0626. The summed E-state index contributed by atoms with van der Waals surface area (Å²) in [7, 11) is 0. The van der Waals surface area contributed by atoms with Gasteiger partial charge in [-0.2, -0.15) is 0 Å². The highest BCUT2D eigenvalue weighted by Crippen LogP contribution is 2.27. The summed E-state index contributed by atoms with van der Waals surface area (Å²) >= 11 is 0. The Morgan fingerprint density at radius 1 is 1.39 bits per heavy atom. The Balaban J connectivity index is 1.70. The second-order valence-corrected chi connectivity index (χ2v) is 6.19. The molecule has 3 rings (SSSR count). The van der Waals surface area contributed by atoms with Crippen LogP contribution in [0.25, 0.3) is 0 Å². The lowest BCUT2D eigenvalue weighted by Gasteiger charge is -2.35. The van der Waals surface area contributed by atoms with E-state index in [1.807, 2.05) is 13.8 Å². The molecule has 1 aromatic carbocycles. The molecule has 0 radical (unpaired) electrons. The Labute approximate surface area is 133 Å². The summed E-state index contributed by atoms with van der Waals surface area (Å²) in [6.07, 6.45) is -0.570. The molecule has 0 aliphatic carbocycles. The van der Waals surface area contributed by atoms with Crippen molar-refractivity contribution in [3.05, 3.63) is 29.6 Å². The van der Waals surface area contributed by atoms with Crippen LogP contribution in [0.2, 0.25) is 0 Å². The molecule has 2 heterocycles. The van der Waals surface area contributed by atoms with Crippen molar-refractivity contribution in [3.8, 4) is 5.75 Å². The molecule has 23 heavy (non-hydrogen) atoms. The first-order valence-corrected chi connectivity index (χ1v) is 7.57. The van der Waals surface area contributed by atoms with E-state index in [-0.39, 0.29) is 23.5 Å². The van der Waals surface area contributed by atoms with Gasteiger partial charge in [0, 0.05) is 19.2 Å². The molecule has 2 atom stereocenters. The Morgan fingerprint density at radius 2 is 2.17 bits per heavy atom. The van der Waals surface area contributed by atoms with Gasteiger partial charge < -0.3 is 24.2 Å². The molecule has 0 aromatic heterocycles. The summed E-state index contributed by atoms with van der Waals surface area (Å²) in [5.74, 6) is -2.03. The molecule has 2 aliphatic heterocycles. The Morgan fingerprint density at radius 3 is 2.83 bits per heavy atom. The lowest BCUT2D eigenvalue weighted by Crippen LogP contribution is -2.50. The van der Waals surface area contributed by atoms with Crippen molar-refractivity contribution in [3.63, 3.8) is 0 Å². The van der Waals surface area contributed by atoms with Crippen LogP contribution in [0.4, 0.5) is 4.39 Å². The molecule has 2 aliphatic rings. The van der Waals surface area contributed by atoms with Gasteiger partial charge in [0.25, 0.3) is 5.91 Å². The lowest BCUT2D eigenvalue weighted by atomic mass is 10.1. The molecule has 2 fully saturated rings. The highest BCUT2D eigenvalue weighted by molar-refractivity contribution is 5.94. The number of benzene rings is 1. The first-order chi connectivity index (χ1) is 10.9. The van der Waals surface area contributed by atoms with E-state index < -0.39 is 17.5 Å². The predicted octanol–water partition coefficient (Wildman–Crippen LogP) is 1.52. The SMILES string of the molecule is CC1(C)OC[C@@H]([C@@H]2CN(C(=O)c3ccc(O)cc3F)CCO2)O1. The van der Waals surface area contributed by atoms with E-state index in [2.05, 4.69) is 0 Å². The molecule has 1 aromatic rings. The number of amides is 1. The van der Waals surface area contributed by atoms with Crippen molar-refractivity contribution in [1.82, 2.24) is 4.90 Å². The summed E-state index contributed by atoms with van der Waals surface area (Å²) < 4.78 is 30.9. The van der Waals surface area contributed by atoms with Crippen LogP contribution >= 0.6 is 0 Å². The van der Waals surface area contributed by atoms with E-state index in [1.54, 1.807) is 0 Å². The number of carbonyl (C=O) groups is 1. The third-order valence-corrected chi connectivity index (χ3v) is 4.01. The van der Waals surface area contributed by atoms with Gasteiger partial charge in [0.15, 0.2) is 5.79 Å². The Hall–Kier alpha value is -1.70. The lowest BCUT2D eigenvalue weighted by molar-refractivity contribution is -0.163. The first kappa shape index (κ1) is 16.2. The van der Waals surface area contributed by atoms with Gasteiger partial charge in [-0.15, -0.1) is 0 Å². The number of phenolic OH excluding ortho intramolecular Hbond substituents is 1. The fraction of sp³-hybridized carbons (Fsp3) is 0.562. The number of morpholine rings is 1. The number of carbonyl (C=O) groups excluding carboxylic acids is 1. The van der Waals surface area contributed by atoms with Gasteiger partial charge in [0.1, 0.15) is 23.8 Å². The number of halogens is 1. The maximum absolute atomic E-state index is 13.9. The molecule has 6 nitrogen and oxygen atoms in total. The monoisotopic (exact) mass is 325 g/mol. The molecule has 2 saturated heterocycles. The minimum Gasteiger partial charge on any atom is -0.508 e. The van der Waals surface area contributed by atoms with E-state index >= 15 is 0 Å². The number of phenols is 1. The van der Waals surface area contributed by atoms with Crippen LogP contribution in [0.5, 0.6) is 5.75 Å². The number of hydrogen-bond donors (Lipinski definition) is 1. The van der Waals surface area contributed by atoms with Crippen LogP contribution in [0.3, 0.4) is 0 Å². The highest BCUT2D eigenvalue weighted by Gasteiger charge is 2.40. The molecule has 0 unspecified atom stereocenters. The van der Waals surface area contributed by atoms with E-state index in [0.29, 0.717) is 26.3 Å². The smallest absolute Gasteiger partial charge is 0.257 e. The van der Waals surface area contributed by atoms with Crippen LogP contribution in [0.1, 0.15) is 24.2 Å². The number of aromatic hydroxyl groups is 1. The highest BCUT2D eigenvalue weighted by atomic mass is 19.1. The predicted molar refractivity (Wildman–Crippen MR) is 78.6 cm³/mol. The molecular formula is C16H20FNO5.